The van der Waals surface area contributed by atoms with E-state index in [4.69, 9.17) is 1.41 Å². The zero-order valence-corrected chi connectivity index (χ0v) is 31.1. The second-order valence-electron chi connectivity index (χ2n) is 11.4. The summed E-state index contributed by atoms with van der Waals surface area (Å²) in [7, 11) is 0. The van der Waals surface area contributed by atoms with E-state index in [0.717, 1.165) is 0 Å². The molecule has 0 heterocycles. The van der Waals surface area contributed by atoms with Gasteiger partial charge < -0.3 is 0 Å². The molecule has 35 heavy (non-hydrogen) atoms. The summed E-state index contributed by atoms with van der Waals surface area (Å²) >= 11 is -1.47. The summed E-state index contributed by atoms with van der Waals surface area (Å²) in [6, 6.07) is 0. The maximum absolute atomic E-state index is 6.93. The van der Waals surface area contributed by atoms with Crippen molar-refractivity contribution in [3.8, 4) is 0 Å². The Balaban J connectivity index is 4.22. The Hall–Kier alpha value is 1.56. The van der Waals surface area contributed by atoms with Crippen LogP contribution in [0.15, 0.2) is 0 Å². The van der Waals surface area contributed by atoms with Crippen LogP contribution >= 0.6 is 0 Å². The van der Waals surface area contributed by atoms with Gasteiger partial charge in [-0.05, 0) is 0 Å². The van der Waals surface area contributed by atoms with Gasteiger partial charge in [-0.1, -0.05) is 0 Å². The molecule has 0 saturated heterocycles. The van der Waals surface area contributed by atoms with Crippen molar-refractivity contribution in [2.75, 3.05) is 0 Å². The van der Waals surface area contributed by atoms with Gasteiger partial charge in [0.25, 0.3) is 0 Å². The van der Waals surface area contributed by atoms with Crippen LogP contribution in [0.5, 0.6) is 0 Å². The van der Waals surface area contributed by atoms with Crippen molar-refractivity contribution in [1.82, 2.24) is 0 Å². The summed E-state index contributed by atoms with van der Waals surface area (Å²) < 4.78 is 8.18. The third-order valence-corrected chi connectivity index (χ3v) is 21.2. The minimum absolute atomic E-state index is 0.621. The number of rotatable bonds is 28. The van der Waals surface area contributed by atoms with E-state index < -0.39 is 43.1 Å². The molecule has 208 valence electrons. The predicted octanol–water partition coefficient (Wildman–Crippen LogP) is 12.0. The molecule has 0 aromatic heterocycles. The molecular formula is C32H66OSn2. The summed E-state index contributed by atoms with van der Waals surface area (Å²) in [5.74, 6) is 0. The summed E-state index contributed by atoms with van der Waals surface area (Å²) in [5, 5.41) is 0. The SMILES string of the molecule is CCCCCCCCCCC[C](CC)(CC)[Sn][O][Sn][C](CC)(CC)CCCCCCCCCCC. The quantitative estimate of drug-likeness (QED) is 0.0582. The van der Waals surface area contributed by atoms with E-state index >= 15 is 0 Å². The monoisotopic (exact) mass is 706 g/mol. The van der Waals surface area contributed by atoms with Crippen LogP contribution in [-0.2, 0) is 1.41 Å². The average molecular weight is 704 g/mol. The fraction of sp³-hybridized carbons (Fsp3) is 1.00. The second-order valence-corrected chi connectivity index (χ2v) is 23.1. The molecule has 0 saturated carbocycles. The zero-order chi connectivity index (χ0) is 26.1. The van der Waals surface area contributed by atoms with Gasteiger partial charge in [-0.25, -0.2) is 0 Å². The normalized spacial score (nSPS) is 12.5. The predicted molar refractivity (Wildman–Crippen MR) is 163 cm³/mol. The molecule has 0 N–H and O–H groups in total. The molecule has 0 amide bonds. The maximum atomic E-state index is 6.93. The molecule has 0 aliphatic carbocycles. The molecule has 0 fully saturated rings. The Morgan fingerprint density at radius 2 is 0.629 bits per heavy atom. The van der Waals surface area contributed by atoms with Crippen LogP contribution in [0, 0.1) is 0 Å². The van der Waals surface area contributed by atoms with Crippen LogP contribution in [0.25, 0.3) is 0 Å². The van der Waals surface area contributed by atoms with Crippen LogP contribution in [0.4, 0.5) is 0 Å². The number of hydrogen-bond acceptors (Lipinski definition) is 1. The van der Waals surface area contributed by atoms with Crippen molar-refractivity contribution in [2.45, 2.75) is 203 Å². The molecule has 1 nitrogen and oxygen atoms in total. The molecule has 4 radical (unpaired) electrons. The molecule has 0 aliphatic rings. The Kier molecular flexibility index (Phi) is 27.0. The third-order valence-electron chi connectivity index (χ3n) is 8.76. The number of unbranched alkanes of at least 4 members (excludes halogenated alkanes) is 16. The summed E-state index contributed by atoms with van der Waals surface area (Å²) in [5.41, 5.74) is 0. The van der Waals surface area contributed by atoms with Gasteiger partial charge in [0, 0.05) is 0 Å². The van der Waals surface area contributed by atoms with Gasteiger partial charge in [0.15, 0.2) is 0 Å². The van der Waals surface area contributed by atoms with Crippen molar-refractivity contribution in [2.24, 2.45) is 0 Å². The van der Waals surface area contributed by atoms with E-state index in [0.29, 0.717) is 6.86 Å². The second kappa shape index (κ2) is 25.8. The third kappa shape index (κ3) is 19.3. The average Bonchev–Trinajstić information content (AvgIpc) is 2.89. The topological polar surface area (TPSA) is 9.23 Å². The minimum atomic E-state index is -0.733. The standard InChI is InChI=1S/2C16H33.O.2Sn/c2*1-4-7-8-9-10-11-12-13-14-15-16(5-2)6-3;;;/h2*4-15H2,1-3H3;;;. The van der Waals surface area contributed by atoms with E-state index in [2.05, 4.69) is 41.5 Å². The van der Waals surface area contributed by atoms with Crippen LogP contribution in [0.1, 0.15) is 196 Å². The fourth-order valence-electron chi connectivity index (χ4n) is 5.39. The van der Waals surface area contributed by atoms with Gasteiger partial charge in [-0.15, -0.1) is 0 Å². The number of hydrogen-bond donors (Lipinski definition) is 0. The van der Waals surface area contributed by atoms with Crippen LogP contribution < -0.4 is 0 Å². The van der Waals surface area contributed by atoms with E-state index in [-0.39, 0.29) is 0 Å². The van der Waals surface area contributed by atoms with Gasteiger partial charge in [-0.3, -0.25) is 0 Å². The fourth-order valence-corrected chi connectivity index (χ4v) is 19.3. The van der Waals surface area contributed by atoms with Crippen molar-refractivity contribution in [3.63, 3.8) is 0 Å². The van der Waals surface area contributed by atoms with Gasteiger partial charge in [0.2, 0.25) is 0 Å². The molecule has 0 aromatic carbocycles. The molecule has 3 heteroatoms. The molecule has 0 rings (SSSR count). The Morgan fingerprint density at radius 1 is 0.371 bits per heavy atom. The molecule has 0 aliphatic heterocycles. The van der Waals surface area contributed by atoms with E-state index in [1.54, 1.807) is 0 Å². The zero-order valence-electron chi connectivity index (χ0n) is 25.4. The Labute approximate surface area is 245 Å². The molecule has 0 atom stereocenters. The summed E-state index contributed by atoms with van der Waals surface area (Å²) in [4.78, 5) is 0. The van der Waals surface area contributed by atoms with Gasteiger partial charge in [0.1, 0.15) is 0 Å². The van der Waals surface area contributed by atoms with Crippen LogP contribution in [0.3, 0.4) is 0 Å². The van der Waals surface area contributed by atoms with E-state index in [1.165, 1.54) is 154 Å². The molecule has 0 aromatic rings. The summed E-state index contributed by atoms with van der Waals surface area (Å²) in [6.45, 7) is 14.5. The Bertz CT molecular complexity index is 380. The van der Waals surface area contributed by atoms with Gasteiger partial charge >= 0.3 is 247 Å². The van der Waals surface area contributed by atoms with Crippen molar-refractivity contribution in [1.29, 1.82) is 0 Å². The molecule has 0 unspecified atom stereocenters. The first kappa shape index (κ1) is 36.6. The molecule has 0 spiro atoms. The first-order chi connectivity index (χ1) is 17.1. The van der Waals surface area contributed by atoms with Crippen molar-refractivity contribution in [3.05, 3.63) is 0 Å². The molecule has 0 bridgehead atoms. The van der Waals surface area contributed by atoms with Gasteiger partial charge in [0.05, 0.1) is 0 Å². The van der Waals surface area contributed by atoms with Crippen LogP contribution in [0.2, 0.25) is 6.86 Å². The summed E-state index contributed by atoms with van der Waals surface area (Å²) in [6.07, 6.45) is 34.5. The van der Waals surface area contributed by atoms with Crippen molar-refractivity contribution < 1.29 is 1.41 Å². The van der Waals surface area contributed by atoms with E-state index in [1.807, 2.05) is 0 Å². The Morgan fingerprint density at radius 3 is 0.886 bits per heavy atom. The van der Waals surface area contributed by atoms with E-state index in [9.17, 15) is 0 Å². The van der Waals surface area contributed by atoms with Crippen LogP contribution in [-0.4, -0.2) is 43.1 Å². The van der Waals surface area contributed by atoms with Gasteiger partial charge in [-0.2, -0.15) is 0 Å². The first-order valence-corrected chi connectivity index (χ1v) is 21.5. The molecular weight excluding hydrogens is 638 g/mol. The van der Waals surface area contributed by atoms with Crippen molar-refractivity contribution >= 4 is 43.1 Å². The first-order valence-electron chi connectivity index (χ1n) is 16.3.